The topological polar surface area (TPSA) is 37.0 Å². The Bertz CT molecular complexity index is 531. The van der Waals surface area contributed by atoms with Crippen molar-refractivity contribution in [1.82, 2.24) is 10.4 Å². The van der Waals surface area contributed by atoms with Gasteiger partial charge in [0.25, 0.3) is 0 Å². The second-order valence-electron chi connectivity index (χ2n) is 3.51. The number of fused-ring (bicyclic) bond motifs is 3. The molecule has 0 bridgehead atoms. The maximum absolute atomic E-state index is 4.33. The van der Waals surface area contributed by atoms with Gasteiger partial charge in [0.15, 0.2) is 0 Å². The number of nitrogens with one attached hydrogen (secondary N) is 2. The Kier molecular flexibility index (Phi) is 1.89. The fourth-order valence-electron chi connectivity index (χ4n) is 1.83. The van der Waals surface area contributed by atoms with E-state index in [-0.39, 0.29) is 0 Å². The van der Waals surface area contributed by atoms with Crippen LogP contribution in [0.3, 0.4) is 0 Å². The molecule has 3 rings (SSSR count). The molecular formula is C12H11N3. The average Bonchev–Trinajstić information content (AvgIpc) is 2.54. The molecule has 74 valence electrons. The van der Waals surface area contributed by atoms with Crippen molar-refractivity contribution in [3.63, 3.8) is 0 Å². The number of nitrogens with zero attached hydrogens (tertiary/aromatic N) is 1. The number of aromatic nitrogens is 1. The number of pyridine rings is 1. The lowest BCUT2D eigenvalue weighted by Crippen LogP contribution is -2.20. The first kappa shape index (κ1) is 8.44. The summed E-state index contributed by atoms with van der Waals surface area (Å²) in [6, 6.07) is 8.17. The minimum absolute atomic E-state index is 0.830. The molecule has 2 heterocycles. The van der Waals surface area contributed by atoms with Gasteiger partial charge in [-0.1, -0.05) is 18.2 Å². The van der Waals surface area contributed by atoms with Crippen molar-refractivity contribution in [2.75, 3.05) is 12.0 Å². The standard InChI is InChI=1S/C12H11N3/c1-3-9-5-6-11-10(4-2-7-13-11)12(9)15-14-8-1/h1-7,14-15H,8H2. The van der Waals surface area contributed by atoms with Crippen LogP contribution in [0.2, 0.25) is 0 Å². The number of anilines is 1. The smallest absolute Gasteiger partial charge is 0.0723 e. The van der Waals surface area contributed by atoms with Crippen molar-refractivity contribution in [3.05, 3.63) is 42.1 Å². The molecule has 1 aliphatic rings. The van der Waals surface area contributed by atoms with Crippen LogP contribution in [0.15, 0.2) is 36.5 Å². The van der Waals surface area contributed by atoms with E-state index < -0.39 is 0 Å². The highest BCUT2D eigenvalue weighted by Crippen LogP contribution is 2.27. The number of hydrogen-bond acceptors (Lipinski definition) is 3. The van der Waals surface area contributed by atoms with Gasteiger partial charge in [-0.2, -0.15) is 0 Å². The van der Waals surface area contributed by atoms with Crippen LogP contribution in [0, 0.1) is 0 Å². The molecule has 1 aromatic heterocycles. The van der Waals surface area contributed by atoms with E-state index >= 15 is 0 Å². The van der Waals surface area contributed by atoms with E-state index in [1.54, 1.807) is 0 Å². The molecule has 0 fully saturated rings. The summed E-state index contributed by atoms with van der Waals surface area (Å²) in [5.41, 5.74) is 9.66. The van der Waals surface area contributed by atoms with E-state index in [1.807, 2.05) is 18.3 Å². The van der Waals surface area contributed by atoms with Crippen LogP contribution in [0.1, 0.15) is 5.56 Å². The first-order valence-corrected chi connectivity index (χ1v) is 4.98. The van der Waals surface area contributed by atoms with Crippen LogP contribution < -0.4 is 10.9 Å². The van der Waals surface area contributed by atoms with Crippen LogP contribution in [-0.2, 0) is 0 Å². The zero-order valence-corrected chi connectivity index (χ0v) is 8.20. The summed E-state index contributed by atoms with van der Waals surface area (Å²) in [6.45, 7) is 0.830. The second kappa shape index (κ2) is 3.37. The van der Waals surface area contributed by atoms with Gasteiger partial charge in [0.1, 0.15) is 0 Å². The van der Waals surface area contributed by atoms with Crippen molar-refractivity contribution < 1.29 is 0 Å². The van der Waals surface area contributed by atoms with Gasteiger partial charge < -0.3 is 5.43 Å². The zero-order valence-electron chi connectivity index (χ0n) is 8.20. The normalized spacial score (nSPS) is 14.4. The van der Waals surface area contributed by atoms with Gasteiger partial charge in [0.2, 0.25) is 0 Å². The lowest BCUT2D eigenvalue weighted by Gasteiger charge is -2.10. The fourth-order valence-corrected chi connectivity index (χ4v) is 1.83. The Morgan fingerprint density at radius 1 is 1.20 bits per heavy atom. The molecule has 3 heteroatoms. The van der Waals surface area contributed by atoms with E-state index in [0.717, 1.165) is 23.1 Å². The van der Waals surface area contributed by atoms with Crippen LogP contribution in [0.5, 0.6) is 0 Å². The summed E-state index contributed by atoms with van der Waals surface area (Å²) < 4.78 is 0. The van der Waals surface area contributed by atoms with Gasteiger partial charge in [0, 0.05) is 18.1 Å². The molecule has 0 saturated heterocycles. The highest BCUT2D eigenvalue weighted by molar-refractivity contribution is 5.95. The van der Waals surface area contributed by atoms with E-state index in [1.165, 1.54) is 5.56 Å². The molecule has 2 N–H and O–H groups in total. The second-order valence-corrected chi connectivity index (χ2v) is 3.51. The summed E-state index contributed by atoms with van der Waals surface area (Å²) in [5.74, 6) is 0. The molecule has 0 aliphatic carbocycles. The minimum Gasteiger partial charge on any atom is -0.320 e. The predicted octanol–water partition coefficient (Wildman–Crippen LogP) is 2.18. The molecule has 15 heavy (non-hydrogen) atoms. The molecule has 0 amide bonds. The summed E-state index contributed by atoms with van der Waals surface area (Å²) in [5, 5.41) is 1.15. The van der Waals surface area contributed by atoms with Crippen molar-refractivity contribution in [3.8, 4) is 0 Å². The molecule has 1 aliphatic heterocycles. The lowest BCUT2D eigenvalue weighted by molar-refractivity contribution is 0.905. The largest absolute Gasteiger partial charge is 0.320 e. The number of rotatable bonds is 0. The van der Waals surface area contributed by atoms with Gasteiger partial charge in [-0.05, 0) is 23.8 Å². The molecule has 0 saturated carbocycles. The molecule has 0 atom stereocenters. The van der Waals surface area contributed by atoms with Gasteiger partial charge >= 0.3 is 0 Å². The van der Waals surface area contributed by atoms with Crippen molar-refractivity contribution in [1.29, 1.82) is 0 Å². The number of hydrogen-bond donors (Lipinski definition) is 2. The SMILES string of the molecule is C1=Cc2ccc3ncccc3c2NNC1. The van der Waals surface area contributed by atoms with Gasteiger partial charge in [-0.3, -0.25) is 4.98 Å². The maximum Gasteiger partial charge on any atom is 0.0723 e. The summed E-state index contributed by atoms with van der Waals surface area (Å²) in [7, 11) is 0. The third-order valence-corrected chi connectivity index (χ3v) is 2.55. The van der Waals surface area contributed by atoms with Crippen LogP contribution in [0.25, 0.3) is 17.0 Å². The summed E-state index contributed by atoms with van der Waals surface area (Å²) >= 11 is 0. The maximum atomic E-state index is 4.33. The monoisotopic (exact) mass is 197 g/mol. The average molecular weight is 197 g/mol. The van der Waals surface area contributed by atoms with Crippen LogP contribution in [-0.4, -0.2) is 11.5 Å². The van der Waals surface area contributed by atoms with E-state index in [0.29, 0.717) is 0 Å². The Hall–Kier alpha value is -1.87. The van der Waals surface area contributed by atoms with Crippen LogP contribution >= 0.6 is 0 Å². The van der Waals surface area contributed by atoms with Gasteiger partial charge in [0.05, 0.1) is 11.2 Å². The minimum atomic E-state index is 0.830. The third-order valence-electron chi connectivity index (χ3n) is 2.55. The van der Waals surface area contributed by atoms with Crippen molar-refractivity contribution in [2.45, 2.75) is 0 Å². The highest BCUT2D eigenvalue weighted by atomic mass is 15.4. The molecule has 3 nitrogen and oxygen atoms in total. The fraction of sp³-hybridized carbons (Fsp3) is 0.0833. The Labute approximate surface area is 87.8 Å². The molecule has 0 unspecified atom stereocenters. The first-order chi connectivity index (χ1) is 7.45. The van der Waals surface area contributed by atoms with Gasteiger partial charge in [-0.25, -0.2) is 5.43 Å². The zero-order chi connectivity index (χ0) is 10.1. The predicted molar refractivity (Wildman–Crippen MR) is 62.4 cm³/mol. The third kappa shape index (κ3) is 1.37. The lowest BCUT2D eigenvalue weighted by atomic mass is 10.1. The quantitative estimate of drug-likeness (QED) is 0.679. The summed E-state index contributed by atoms with van der Waals surface area (Å²) in [4.78, 5) is 4.33. The van der Waals surface area contributed by atoms with Crippen molar-refractivity contribution >= 4 is 22.7 Å². The number of benzene rings is 1. The molecule has 0 radical (unpaired) electrons. The molecule has 2 aromatic rings. The van der Waals surface area contributed by atoms with Crippen molar-refractivity contribution in [2.24, 2.45) is 0 Å². The first-order valence-electron chi connectivity index (χ1n) is 4.98. The van der Waals surface area contributed by atoms with E-state index in [2.05, 4.69) is 40.1 Å². The van der Waals surface area contributed by atoms with E-state index in [9.17, 15) is 0 Å². The van der Waals surface area contributed by atoms with Crippen LogP contribution in [0.4, 0.5) is 5.69 Å². The van der Waals surface area contributed by atoms with E-state index in [4.69, 9.17) is 0 Å². The summed E-state index contributed by atoms with van der Waals surface area (Å²) in [6.07, 6.45) is 6.03. The molecule has 0 spiro atoms. The Morgan fingerprint density at radius 3 is 3.20 bits per heavy atom. The highest BCUT2D eigenvalue weighted by Gasteiger charge is 2.06. The molecular weight excluding hydrogens is 186 g/mol. The Morgan fingerprint density at radius 2 is 2.20 bits per heavy atom. The molecule has 1 aromatic carbocycles. The van der Waals surface area contributed by atoms with Gasteiger partial charge in [-0.15, -0.1) is 0 Å². The Balaban J connectivity index is 2.33. The number of hydrazine groups is 1.